The van der Waals surface area contributed by atoms with Crippen molar-refractivity contribution < 1.29 is 19.1 Å². The van der Waals surface area contributed by atoms with E-state index in [1.165, 1.54) is 0 Å². The fraction of sp³-hybridized carbons (Fsp3) is 0.636. The first kappa shape index (κ1) is 20.0. The minimum absolute atomic E-state index is 0.131. The first-order valence-electron chi connectivity index (χ1n) is 10.5. The van der Waals surface area contributed by atoms with Gasteiger partial charge in [0.25, 0.3) is 0 Å². The Labute approximate surface area is 172 Å². The van der Waals surface area contributed by atoms with Gasteiger partial charge in [-0.2, -0.15) is 0 Å². The summed E-state index contributed by atoms with van der Waals surface area (Å²) in [6, 6.07) is 7.97. The Hall–Kier alpha value is -2.28. The maximum Gasteiger partial charge on any atom is 0.315 e. The van der Waals surface area contributed by atoms with Gasteiger partial charge in [-0.25, -0.2) is 4.79 Å². The minimum atomic E-state index is -0.131. The van der Waals surface area contributed by atoms with E-state index >= 15 is 0 Å². The van der Waals surface area contributed by atoms with Crippen molar-refractivity contribution in [3.8, 4) is 5.75 Å². The molecule has 3 aliphatic rings. The van der Waals surface area contributed by atoms with Crippen LogP contribution in [0, 0.1) is 11.3 Å². The molecule has 1 heterocycles. The molecule has 1 aliphatic heterocycles. The summed E-state index contributed by atoms with van der Waals surface area (Å²) in [5, 5.41) is 5.97. The van der Waals surface area contributed by atoms with Crippen LogP contribution in [0.25, 0.3) is 0 Å². The lowest BCUT2D eigenvalue weighted by atomic mass is 9.50. The first-order chi connectivity index (χ1) is 14.0. The topological polar surface area (TPSA) is 79.9 Å². The smallest absolute Gasteiger partial charge is 0.315 e. The van der Waals surface area contributed by atoms with E-state index in [-0.39, 0.29) is 35.4 Å². The Morgan fingerprint density at radius 3 is 2.55 bits per heavy atom. The zero-order valence-corrected chi connectivity index (χ0v) is 17.3. The van der Waals surface area contributed by atoms with Crippen molar-refractivity contribution in [2.75, 3.05) is 27.4 Å². The van der Waals surface area contributed by atoms with Crippen LogP contribution in [0.4, 0.5) is 4.79 Å². The Morgan fingerprint density at radius 1 is 1.21 bits per heavy atom. The van der Waals surface area contributed by atoms with Crippen LogP contribution in [0.1, 0.15) is 37.7 Å². The third-order valence-electron chi connectivity index (χ3n) is 6.82. The number of nitrogens with zero attached hydrogens (tertiary/aromatic N) is 1. The van der Waals surface area contributed by atoms with Crippen molar-refractivity contribution in [2.45, 2.75) is 50.7 Å². The van der Waals surface area contributed by atoms with E-state index in [0.29, 0.717) is 13.2 Å². The van der Waals surface area contributed by atoms with Crippen molar-refractivity contribution in [3.63, 3.8) is 0 Å². The highest BCUT2D eigenvalue weighted by Gasteiger charge is 2.55. The number of hydrogen-bond acceptors (Lipinski definition) is 4. The van der Waals surface area contributed by atoms with Crippen LogP contribution in [0.5, 0.6) is 5.75 Å². The van der Waals surface area contributed by atoms with Crippen LogP contribution < -0.4 is 15.4 Å². The summed E-state index contributed by atoms with van der Waals surface area (Å²) in [6.07, 6.45) is 4.80. The van der Waals surface area contributed by atoms with Gasteiger partial charge in [-0.15, -0.1) is 0 Å². The summed E-state index contributed by atoms with van der Waals surface area (Å²) in [4.78, 5) is 26.7. The van der Waals surface area contributed by atoms with Crippen molar-refractivity contribution >= 4 is 11.9 Å². The Bertz CT molecular complexity index is 731. The fourth-order valence-corrected chi connectivity index (χ4v) is 5.04. The van der Waals surface area contributed by atoms with E-state index in [1.807, 2.05) is 36.2 Å². The zero-order valence-electron chi connectivity index (χ0n) is 17.3. The average molecular weight is 402 g/mol. The van der Waals surface area contributed by atoms with Gasteiger partial charge in [0.2, 0.25) is 5.91 Å². The number of urea groups is 1. The molecule has 2 N–H and O–H groups in total. The predicted octanol–water partition coefficient (Wildman–Crippen LogP) is 2.30. The van der Waals surface area contributed by atoms with Gasteiger partial charge in [0.05, 0.1) is 19.8 Å². The van der Waals surface area contributed by atoms with E-state index < -0.39 is 0 Å². The number of nitrogens with one attached hydrogen (secondary N) is 2. The quantitative estimate of drug-likeness (QED) is 0.767. The molecule has 3 fully saturated rings. The number of carbonyl (C=O) groups excluding carboxylic acids is 2. The number of methoxy groups -OCH3 is 1. The van der Waals surface area contributed by atoms with Crippen molar-refractivity contribution in [1.29, 1.82) is 0 Å². The molecule has 1 spiro atoms. The predicted molar refractivity (Wildman–Crippen MR) is 109 cm³/mol. The number of carbonyl (C=O) groups is 2. The van der Waals surface area contributed by atoms with Gasteiger partial charge < -0.3 is 25.0 Å². The molecule has 2 saturated carbocycles. The summed E-state index contributed by atoms with van der Waals surface area (Å²) in [5.41, 5.74) is 1.30. The molecule has 1 saturated heterocycles. The van der Waals surface area contributed by atoms with E-state index in [4.69, 9.17) is 9.47 Å². The lowest BCUT2D eigenvalue weighted by Gasteiger charge is -2.57. The normalized spacial score (nSPS) is 30.2. The Kier molecular flexibility index (Phi) is 5.67. The van der Waals surface area contributed by atoms with E-state index in [9.17, 15) is 9.59 Å². The standard InChI is InChI=1S/C22H31N3O4/c1-25(18-7-8-29-14-18)20(26)16-9-22(10-16)11-17(12-22)24-21(27)23-13-15-3-5-19(28-2)6-4-15/h3-6,16-18H,7-14H2,1-2H3,(H2,23,24,27)/t16?,17?,18-,22?/m1/s1. The van der Waals surface area contributed by atoms with E-state index in [1.54, 1.807) is 7.11 Å². The summed E-state index contributed by atoms with van der Waals surface area (Å²) in [6.45, 7) is 1.91. The second-order valence-corrected chi connectivity index (χ2v) is 8.85. The van der Waals surface area contributed by atoms with Gasteiger partial charge in [-0.1, -0.05) is 12.1 Å². The highest BCUT2D eigenvalue weighted by atomic mass is 16.5. The number of likely N-dealkylation sites (N-methyl/N-ethyl adjacent to an activating group) is 1. The number of benzene rings is 1. The van der Waals surface area contributed by atoms with Crippen LogP contribution in [-0.4, -0.2) is 56.3 Å². The number of amides is 3. The van der Waals surface area contributed by atoms with Gasteiger partial charge in [0.15, 0.2) is 0 Å². The molecular formula is C22H31N3O4. The van der Waals surface area contributed by atoms with Gasteiger partial charge in [0.1, 0.15) is 5.75 Å². The van der Waals surface area contributed by atoms with Crippen LogP contribution in [0.3, 0.4) is 0 Å². The van der Waals surface area contributed by atoms with Gasteiger partial charge in [-0.3, -0.25) is 4.79 Å². The molecule has 0 unspecified atom stereocenters. The molecule has 0 bridgehead atoms. The molecule has 29 heavy (non-hydrogen) atoms. The van der Waals surface area contributed by atoms with Crippen molar-refractivity contribution in [3.05, 3.63) is 29.8 Å². The summed E-state index contributed by atoms with van der Waals surface area (Å²) in [7, 11) is 3.54. The van der Waals surface area contributed by atoms with E-state index in [2.05, 4.69) is 10.6 Å². The maximum atomic E-state index is 12.6. The second kappa shape index (κ2) is 8.22. The van der Waals surface area contributed by atoms with Gasteiger partial charge in [0, 0.05) is 32.2 Å². The zero-order chi connectivity index (χ0) is 20.4. The molecule has 7 nitrogen and oxygen atoms in total. The van der Waals surface area contributed by atoms with Crippen LogP contribution in [0.15, 0.2) is 24.3 Å². The lowest BCUT2D eigenvalue weighted by Crippen LogP contribution is -2.59. The molecule has 3 amide bonds. The van der Waals surface area contributed by atoms with Crippen LogP contribution in [0.2, 0.25) is 0 Å². The van der Waals surface area contributed by atoms with Crippen molar-refractivity contribution in [1.82, 2.24) is 15.5 Å². The van der Waals surface area contributed by atoms with Gasteiger partial charge >= 0.3 is 6.03 Å². The van der Waals surface area contributed by atoms with Crippen molar-refractivity contribution in [2.24, 2.45) is 11.3 Å². The SMILES string of the molecule is COc1ccc(CNC(=O)NC2CC3(C2)CC(C(=O)N(C)[C@@H]2CCOC2)C3)cc1. The molecule has 4 rings (SSSR count). The third-order valence-corrected chi connectivity index (χ3v) is 6.82. The molecule has 2 aliphatic carbocycles. The summed E-state index contributed by atoms with van der Waals surface area (Å²) >= 11 is 0. The van der Waals surface area contributed by atoms with Gasteiger partial charge in [-0.05, 0) is 55.2 Å². The average Bonchev–Trinajstić information content (AvgIpc) is 3.21. The monoisotopic (exact) mass is 401 g/mol. The molecule has 7 heteroatoms. The first-order valence-corrected chi connectivity index (χ1v) is 10.5. The highest BCUT2D eigenvalue weighted by molar-refractivity contribution is 5.80. The summed E-state index contributed by atoms with van der Waals surface area (Å²) < 4.78 is 10.5. The lowest BCUT2D eigenvalue weighted by molar-refractivity contribution is -0.150. The number of ether oxygens (including phenoxy) is 2. The fourth-order valence-electron chi connectivity index (χ4n) is 5.04. The number of hydrogen-bond donors (Lipinski definition) is 2. The Balaban J connectivity index is 1.14. The van der Waals surface area contributed by atoms with E-state index in [0.717, 1.165) is 50.0 Å². The molecule has 0 aromatic heterocycles. The molecule has 1 aromatic carbocycles. The second-order valence-electron chi connectivity index (χ2n) is 8.85. The Morgan fingerprint density at radius 2 is 1.93 bits per heavy atom. The van der Waals surface area contributed by atoms with Crippen LogP contribution in [-0.2, 0) is 16.1 Å². The summed E-state index contributed by atoms with van der Waals surface area (Å²) in [5.74, 6) is 1.21. The molecule has 1 aromatic rings. The number of rotatable bonds is 6. The highest BCUT2D eigenvalue weighted by Crippen LogP contribution is 2.59. The molecule has 0 radical (unpaired) electrons. The van der Waals surface area contributed by atoms with Crippen LogP contribution >= 0.6 is 0 Å². The molecular weight excluding hydrogens is 370 g/mol. The largest absolute Gasteiger partial charge is 0.497 e. The third kappa shape index (κ3) is 4.34. The molecule has 158 valence electrons. The maximum absolute atomic E-state index is 12.6. The minimum Gasteiger partial charge on any atom is -0.497 e. The molecule has 1 atom stereocenters.